The molecule has 0 bridgehead atoms. The zero-order valence-electron chi connectivity index (χ0n) is 12.4. The van der Waals surface area contributed by atoms with E-state index in [1.165, 1.54) is 0 Å². The first kappa shape index (κ1) is 14.4. The Labute approximate surface area is 129 Å². The van der Waals surface area contributed by atoms with Crippen molar-refractivity contribution in [2.45, 2.75) is 6.42 Å². The van der Waals surface area contributed by atoms with E-state index in [2.05, 4.69) is 11.1 Å². The van der Waals surface area contributed by atoms with Gasteiger partial charge in [-0.15, -0.1) is 0 Å². The molecule has 0 atom stereocenters. The molecule has 0 N–H and O–H groups in total. The topological polar surface area (TPSA) is 67.1 Å². The van der Waals surface area contributed by atoms with Crippen LogP contribution in [-0.2, 0) is 11.2 Å². The summed E-state index contributed by atoms with van der Waals surface area (Å²) in [5.74, 6) is 1.62. The number of hydrogen-bond acceptors (Lipinski definition) is 5. The van der Waals surface area contributed by atoms with E-state index in [4.69, 9.17) is 14.2 Å². The van der Waals surface area contributed by atoms with Crippen molar-refractivity contribution >= 4 is 6.34 Å². The SMILES string of the molecule is COc1cccc2c1OC(/N=C/N1CCOCC1)=C(C#N)C2. The number of fused-ring (bicyclic) bond motifs is 1. The Balaban J connectivity index is 1.84. The lowest BCUT2D eigenvalue weighted by Crippen LogP contribution is -2.35. The number of allylic oxidation sites excluding steroid dienone is 1. The Kier molecular flexibility index (Phi) is 4.26. The van der Waals surface area contributed by atoms with Gasteiger partial charge in [-0.1, -0.05) is 12.1 Å². The van der Waals surface area contributed by atoms with Gasteiger partial charge in [0.2, 0.25) is 5.88 Å². The third-order valence-electron chi connectivity index (χ3n) is 3.62. The summed E-state index contributed by atoms with van der Waals surface area (Å²) in [6, 6.07) is 7.82. The smallest absolute Gasteiger partial charge is 0.235 e. The van der Waals surface area contributed by atoms with E-state index in [1.807, 2.05) is 23.1 Å². The normalized spacial score (nSPS) is 17.9. The predicted octanol–water partition coefficient (Wildman–Crippen LogP) is 1.73. The van der Waals surface area contributed by atoms with Gasteiger partial charge in [-0.2, -0.15) is 5.26 Å². The molecule has 2 heterocycles. The summed E-state index contributed by atoms with van der Waals surface area (Å²) in [6.07, 6.45) is 2.22. The van der Waals surface area contributed by atoms with Crippen LogP contribution in [0.15, 0.2) is 34.6 Å². The molecule has 3 rings (SSSR count). The lowest BCUT2D eigenvalue weighted by Gasteiger charge is -2.25. The number of benzene rings is 1. The fraction of sp³-hybridized carbons (Fsp3) is 0.375. The van der Waals surface area contributed by atoms with Gasteiger partial charge in [-0.25, -0.2) is 4.99 Å². The highest BCUT2D eigenvalue weighted by molar-refractivity contribution is 5.59. The summed E-state index contributed by atoms with van der Waals surface area (Å²) in [7, 11) is 1.60. The van der Waals surface area contributed by atoms with Crippen molar-refractivity contribution in [2.75, 3.05) is 33.4 Å². The van der Waals surface area contributed by atoms with E-state index < -0.39 is 0 Å². The number of methoxy groups -OCH3 is 1. The highest BCUT2D eigenvalue weighted by Gasteiger charge is 2.22. The highest BCUT2D eigenvalue weighted by atomic mass is 16.5. The quantitative estimate of drug-likeness (QED) is 0.628. The molecule has 1 aromatic carbocycles. The second kappa shape index (κ2) is 6.50. The number of para-hydroxylation sites is 1. The Morgan fingerprint density at radius 3 is 2.91 bits per heavy atom. The monoisotopic (exact) mass is 299 g/mol. The molecule has 22 heavy (non-hydrogen) atoms. The van der Waals surface area contributed by atoms with Gasteiger partial charge >= 0.3 is 0 Å². The number of morpholine rings is 1. The van der Waals surface area contributed by atoms with Gasteiger partial charge in [0.05, 0.1) is 32.2 Å². The Bertz CT molecular complexity index is 655. The van der Waals surface area contributed by atoms with Crippen LogP contribution in [-0.4, -0.2) is 44.7 Å². The largest absolute Gasteiger partial charge is 0.493 e. The maximum absolute atomic E-state index is 9.32. The number of nitrogens with zero attached hydrogens (tertiary/aromatic N) is 3. The molecule has 0 unspecified atom stereocenters. The predicted molar refractivity (Wildman–Crippen MR) is 80.8 cm³/mol. The van der Waals surface area contributed by atoms with Crippen molar-refractivity contribution in [1.29, 1.82) is 5.26 Å². The zero-order chi connectivity index (χ0) is 15.4. The molecule has 1 fully saturated rings. The Morgan fingerprint density at radius 1 is 1.36 bits per heavy atom. The van der Waals surface area contributed by atoms with Crippen LogP contribution in [0.5, 0.6) is 11.5 Å². The van der Waals surface area contributed by atoms with Gasteiger partial charge in [0, 0.05) is 25.1 Å². The van der Waals surface area contributed by atoms with Crippen molar-refractivity contribution in [2.24, 2.45) is 4.99 Å². The molecule has 6 nitrogen and oxygen atoms in total. The van der Waals surface area contributed by atoms with Crippen LogP contribution in [0.25, 0.3) is 0 Å². The van der Waals surface area contributed by atoms with Gasteiger partial charge in [0.25, 0.3) is 0 Å². The molecule has 1 aromatic rings. The van der Waals surface area contributed by atoms with E-state index in [9.17, 15) is 5.26 Å². The summed E-state index contributed by atoms with van der Waals surface area (Å²) in [5, 5.41) is 9.32. The standard InChI is InChI=1S/C16H17N3O3/c1-20-14-4-2-3-12-9-13(10-17)16(22-15(12)14)18-11-19-5-7-21-8-6-19/h2-4,11H,5-9H2,1H3/b18-11+. The second-order valence-electron chi connectivity index (χ2n) is 5.02. The molecule has 2 aliphatic rings. The van der Waals surface area contributed by atoms with Crippen molar-refractivity contribution in [3.05, 3.63) is 35.2 Å². The molecule has 0 saturated carbocycles. The Hall–Kier alpha value is -2.52. The van der Waals surface area contributed by atoms with Gasteiger partial charge in [0.1, 0.15) is 6.07 Å². The minimum atomic E-state index is 0.339. The third kappa shape index (κ3) is 2.90. The van der Waals surface area contributed by atoms with E-state index in [0.717, 1.165) is 18.7 Å². The van der Waals surface area contributed by atoms with Crippen LogP contribution in [0.4, 0.5) is 0 Å². The second-order valence-corrected chi connectivity index (χ2v) is 5.02. The molecule has 0 spiro atoms. The molecule has 0 aromatic heterocycles. The third-order valence-corrected chi connectivity index (χ3v) is 3.62. The molecular formula is C16H17N3O3. The van der Waals surface area contributed by atoms with Gasteiger partial charge < -0.3 is 19.1 Å². The lowest BCUT2D eigenvalue weighted by atomic mass is 10.0. The number of aliphatic imine (C=N–C) groups is 1. The number of hydrogen-bond donors (Lipinski definition) is 0. The van der Waals surface area contributed by atoms with Gasteiger partial charge in [0.15, 0.2) is 11.5 Å². The van der Waals surface area contributed by atoms with E-state index in [1.54, 1.807) is 13.4 Å². The van der Waals surface area contributed by atoms with Gasteiger partial charge in [-0.3, -0.25) is 0 Å². The minimum Gasteiger partial charge on any atom is -0.493 e. The van der Waals surface area contributed by atoms with E-state index >= 15 is 0 Å². The summed E-state index contributed by atoms with van der Waals surface area (Å²) < 4.78 is 16.4. The number of ether oxygens (including phenoxy) is 3. The molecule has 1 saturated heterocycles. The molecule has 0 aliphatic carbocycles. The molecule has 114 valence electrons. The molecule has 0 amide bonds. The van der Waals surface area contributed by atoms with Crippen LogP contribution in [0.1, 0.15) is 5.56 Å². The van der Waals surface area contributed by atoms with Crippen LogP contribution >= 0.6 is 0 Å². The van der Waals surface area contributed by atoms with Crippen LogP contribution < -0.4 is 9.47 Å². The highest BCUT2D eigenvalue weighted by Crippen LogP contribution is 2.38. The lowest BCUT2D eigenvalue weighted by molar-refractivity contribution is 0.0699. The number of nitriles is 1. The van der Waals surface area contributed by atoms with E-state index in [0.29, 0.717) is 42.6 Å². The van der Waals surface area contributed by atoms with Crippen LogP contribution in [0.3, 0.4) is 0 Å². The maximum atomic E-state index is 9.32. The first-order valence-corrected chi connectivity index (χ1v) is 7.15. The average Bonchev–Trinajstić information content (AvgIpc) is 2.59. The Morgan fingerprint density at radius 2 is 2.18 bits per heavy atom. The summed E-state index contributed by atoms with van der Waals surface area (Å²) in [6.45, 7) is 2.96. The fourth-order valence-electron chi connectivity index (χ4n) is 2.42. The molecule has 2 aliphatic heterocycles. The summed E-state index contributed by atoms with van der Waals surface area (Å²) >= 11 is 0. The first-order chi connectivity index (χ1) is 10.8. The first-order valence-electron chi connectivity index (χ1n) is 7.15. The maximum Gasteiger partial charge on any atom is 0.235 e. The van der Waals surface area contributed by atoms with Crippen molar-refractivity contribution in [3.63, 3.8) is 0 Å². The summed E-state index contributed by atoms with van der Waals surface area (Å²) in [4.78, 5) is 6.41. The molecule has 6 heteroatoms. The van der Waals surface area contributed by atoms with Gasteiger partial charge in [-0.05, 0) is 6.07 Å². The average molecular weight is 299 g/mol. The molecular weight excluding hydrogens is 282 g/mol. The zero-order valence-corrected chi connectivity index (χ0v) is 12.4. The fourth-order valence-corrected chi connectivity index (χ4v) is 2.42. The minimum absolute atomic E-state index is 0.339. The van der Waals surface area contributed by atoms with Crippen molar-refractivity contribution in [3.8, 4) is 17.6 Å². The van der Waals surface area contributed by atoms with Crippen molar-refractivity contribution in [1.82, 2.24) is 4.90 Å². The van der Waals surface area contributed by atoms with Crippen LogP contribution in [0.2, 0.25) is 0 Å². The number of rotatable bonds is 3. The molecule has 0 radical (unpaired) electrons. The van der Waals surface area contributed by atoms with Crippen molar-refractivity contribution < 1.29 is 14.2 Å². The van der Waals surface area contributed by atoms with Crippen LogP contribution in [0, 0.1) is 11.3 Å². The van der Waals surface area contributed by atoms with E-state index in [-0.39, 0.29) is 0 Å². The summed E-state index contributed by atoms with van der Waals surface area (Å²) in [5.41, 5.74) is 1.45.